The predicted octanol–water partition coefficient (Wildman–Crippen LogP) is 3.85. The molecule has 1 aliphatic rings. The van der Waals surface area contributed by atoms with Gasteiger partial charge in [-0.25, -0.2) is 0 Å². The van der Waals surface area contributed by atoms with Crippen molar-refractivity contribution in [1.82, 2.24) is 5.32 Å². The molecule has 0 radical (unpaired) electrons. The second-order valence-corrected chi connectivity index (χ2v) is 5.62. The predicted molar refractivity (Wildman–Crippen MR) is 83.5 cm³/mol. The minimum Gasteiger partial charge on any atom is -0.486 e. The Morgan fingerprint density at radius 3 is 3.00 bits per heavy atom. The molecule has 0 amide bonds. The van der Waals surface area contributed by atoms with Gasteiger partial charge in [0, 0.05) is 12.1 Å². The molecular formula is C18H23NO2. The number of hydrogen-bond acceptors (Lipinski definition) is 3. The third-order valence-electron chi connectivity index (χ3n) is 4.02. The molecule has 0 spiro atoms. The van der Waals surface area contributed by atoms with Crippen LogP contribution in [0.3, 0.4) is 0 Å². The van der Waals surface area contributed by atoms with Gasteiger partial charge in [-0.3, -0.25) is 0 Å². The summed E-state index contributed by atoms with van der Waals surface area (Å²) in [5.41, 5.74) is 4.10. The van der Waals surface area contributed by atoms with Gasteiger partial charge in [-0.2, -0.15) is 0 Å². The number of furan rings is 1. The monoisotopic (exact) mass is 285 g/mol. The summed E-state index contributed by atoms with van der Waals surface area (Å²) in [6.45, 7) is 4.53. The maximum atomic E-state index is 5.90. The third kappa shape index (κ3) is 3.48. The van der Waals surface area contributed by atoms with Crippen molar-refractivity contribution in [2.75, 3.05) is 6.54 Å². The van der Waals surface area contributed by atoms with Crippen LogP contribution in [0, 0.1) is 0 Å². The zero-order valence-electron chi connectivity index (χ0n) is 12.7. The van der Waals surface area contributed by atoms with Crippen molar-refractivity contribution in [2.24, 2.45) is 0 Å². The van der Waals surface area contributed by atoms with Crippen molar-refractivity contribution in [1.29, 1.82) is 0 Å². The van der Waals surface area contributed by atoms with Crippen molar-refractivity contribution in [2.45, 2.75) is 45.8 Å². The smallest absolute Gasteiger partial charge is 0.146 e. The van der Waals surface area contributed by atoms with Crippen LogP contribution in [-0.2, 0) is 26.0 Å². The minimum absolute atomic E-state index is 0.495. The number of hydrogen-bond donors (Lipinski definition) is 1. The molecule has 1 aliphatic carbocycles. The molecule has 112 valence electrons. The molecule has 0 fully saturated rings. The Balaban J connectivity index is 1.59. The Morgan fingerprint density at radius 1 is 1.19 bits per heavy atom. The van der Waals surface area contributed by atoms with Crippen LogP contribution in [-0.4, -0.2) is 6.54 Å². The van der Waals surface area contributed by atoms with Crippen molar-refractivity contribution in [3.63, 3.8) is 0 Å². The molecule has 21 heavy (non-hydrogen) atoms. The van der Waals surface area contributed by atoms with E-state index in [0.29, 0.717) is 6.61 Å². The number of nitrogens with one attached hydrogen (secondary N) is 1. The first-order valence-electron chi connectivity index (χ1n) is 7.87. The number of fused-ring (bicyclic) bond motifs is 1. The lowest BCUT2D eigenvalue weighted by Gasteiger charge is -2.08. The summed E-state index contributed by atoms with van der Waals surface area (Å²) in [6, 6.07) is 8.47. The average Bonchev–Trinajstić information content (AvgIpc) is 3.13. The summed E-state index contributed by atoms with van der Waals surface area (Å²) < 4.78 is 11.4. The molecular weight excluding hydrogens is 262 g/mol. The highest BCUT2D eigenvalue weighted by atomic mass is 16.5. The van der Waals surface area contributed by atoms with E-state index in [4.69, 9.17) is 9.15 Å². The maximum Gasteiger partial charge on any atom is 0.146 e. The summed E-state index contributed by atoms with van der Waals surface area (Å²) in [4.78, 5) is 0. The van der Waals surface area contributed by atoms with E-state index in [9.17, 15) is 0 Å². The third-order valence-corrected chi connectivity index (χ3v) is 4.02. The number of ether oxygens (including phenoxy) is 1. The first-order valence-corrected chi connectivity index (χ1v) is 7.87. The molecule has 0 bridgehead atoms. The maximum absolute atomic E-state index is 5.90. The van der Waals surface area contributed by atoms with Crippen LogP contribution in [0.5, 0.6) is 5.75 Å². The van der Waals surface area contributed by atoms with E-state index in [1.807, 2.05) is 6.07 Å². The first-order chi connectivity index (χ1) is 10.4. The molecule has 0 saturated heterocycles. The molecule has 0 saturated carbocycles. The van der Waals surface area contributed by atoms with Gasteiger partial charge in [-0.15, -0.1) is 0 Å². The van der Waals surface area contributed by atoms with Gasteiger partial charge < -0.3 is 14.5 Å². The van der Waals surface area contributed by atoms with Crippen molar-refractivity contribution >= 4 is 0 Å². The Morgan fingerprint density at radius 2 is 2.10 bits per heavy atom. The van der Waals surface area contributed by atoms with Crippen LogP contribution in [0.1, 0.15) is 42.2 Å². The molecule has 0 unspecified atom stereocenters. The second-order valence-electron chi connectivity index (χ2n) is 5.62. The van der Waals surface area contributed by atoms with Gasteiger partial charge in [0.2, 0.25) is 0 Å². The molecule has 1 aromatic carbocycles. The molecule has 1 aromatic heterocycles. The number of rotatable bonds is 7. The fraction of sp³-hybridized carbons (Fsp3) is 0.444. The van der Waals surface area contributed by atoms with Gasteiger partial charge in [0.1, 0.15) is 18.1 Å². The van der Waals surface area contributed by atoms with Crippen LogP contribution >= 0.6 is 0 Å². The summed E-state index contributed by atoms with van der Waals surface area (Å²) in [7, 11) is 0. The Hall–Kier alpha value is -1.74. The number of aryl methyl sites for hydroxylation is 2. The Bertz CT molecular complexity index is 589. The lowest BCUT2D eigenvalue weighted by molar-refractivity contribution is 0.268. The Kier molecular flexibility index (Phi) is 4.61. The molecule has 3 rings (SSSR count). The van der Waals surface area contributed by atoms with E-state index in [-0.39, 0.29) is 0 Å². The van der Waals surface area contributed by atoms with Gasteiger partial charge in [-0.1, -0.05) is 13.0 Å². The lowest BCUT2D eigenvalue weighted by Crippen LogP contribution is -2.14. The first kappa shape index (κ1) is 14.2. The van der Waals surface area contributed by atoms with Crippen LogP contribution in [0.25, 0.3) is 0 Å². The van der Waals surface area contributed by atoms with E-state index in [1.165, 1.54) is 36.0 Å². The molecule has 0 atom stereocenters. The summed E-state index contributed by atoms with van der Waals surface area (Å²) in [5, 5.41) is 3.39. The SMILES string of the molecule is CCCNCc1ccoc1COc1ccc2c(c1)CCC2. The highest BCUT2D eigenvalue weighted by Crippen LogP contribution is 2.26. The van der Waals surface area contributed by atoms with E-state index in [1.54, 1.807) is 6.26 Å². The molecule has 2 aromatic rings. The number of benzene rings is 1. The van der Waals surface area contributed by atoms with Crippen molar-refractivity contribution in [3.8, 4) is 5.75 Å². The topological polar surface area (TPSA) is 34.4 Å². The van der Waals surface area contributed by atoms with Gasteiger partial charge in [0.25, 0.3) is 0 Å². The largest absolute Gasteiger partial charge is 0.486 e. The van der Waals surface area contributed by atoms with E-state index < -0.39 is 0 Å². The molecule has 3 heteroatoms. The molecule has 1 N–H and O–H groups in total. The van der Waals surface area contributed by atoms with Crippen LogP contribution < -0.4 is 10.1 Å². The van der Waals surface area contributed by atoms with E-state index >= 15 is 0 Å². The minimum atomic E-state index is 0.495. The van der Waals surface area contributed by atoms with Gasteiger partial charge in [0.15, 0.2) is 0 Å². The highest BCUT2D eigenvalue weighted by Gasteiger charge is 2.12. The molecule has 3 nitrogen and oxygen atoms in total. The van der Waals surface area contributed by atoms with Crippen molar-refractivity contribution < 1.29 is 9.15 Å². The van der Waals surface area contributed by atoms with Gasteiger partial charge in [-0.05, 0) is 61.6 Å². The van der Waals surface area contributed by atoms with Gasteiger partial charge >= 0.3 is 0 Å². The summed E-state index contributed by atoms with van der Waals surface area (Å²) in [5.74, 6) is 1.86. The van der Waals surface area contributed by atoms with Crippen LogP contribution in [0.15, 0.2) is 34.9 Å². The van der Waals surface area contributed by atoms with Crippen LogP contribution in [0.4, 0.5) is 0 Å². The van der Waals surface area contributed by atoms with Gasteiger partial charge in [0.05, 0.1) is 6.26 Å². The quantitative estimate of drug-likeness (QED) is 0.785. The second kappa shape index (κ2) is 6.81. The summed E-state index contributed by atoms with van der Waals surface area (Å²) >= 11 is 0. The molecule has 1 heterocycles. The normalized spacial score (nSPS) is 13.4. The standard InChI is InChI=1S/C18H23NO2/c1-2-9-19-12-16-8-10-20-18(16)13-21-17-7-6-14-4-3-5-15(14)11-17/h6-8,10-11,19H,2-5,9,12-13H2,1H3. The van der Waals surface area contributed by atoms with Crippen LogP contribution in [0.2, 0.25) is 0 Å². The van der Waals surface area contributed by atoms with E-state index in [2.05, 4.69) is 30.4 Å². The zero-order chi connectivity index (χ0) is 14.5. The Labute approximate surface area is 126 Å². The fourth-order valence-corrected chi connectivity index (χ4v) is 2.84. The van der Waals surface area contributed by atoms with Crippen molar-refractivity contribution in [3.05, 3.63) is 53.0 Å². The average molecular weight is 285 g/mol. The zero-order valence-corrected chi connectivity index (χ0v) is 12.7. The fourth-order valence-electron chi connectivity index (χ4n) is 2.84. The summed E-state index contributed by atoms with van der Waals surface area (Å²) in [6.07, 6.45) is 6.54. The molecule has 0 aliphatic heterocycles. The van der Waals surface area contributed by atoms with E-state index in [0.717, 1.165) is 31.0 Å². The highest BCUT2D eigenvalue weighted by molar-refractivity contribution is 5.38. The lowest BCUT2D eigenvalue weighted by atomic mass is 10.1.